The molecule has 1 heterocycles. The molecular formula is C6H9BN2O3. The van der Waals surface area contributed by atoms with Crippen molar-refractivity contribution in [2.75, 3.05) is 0 Å². The van der Waals surface area contributed by atoms with Gasteiger partial charge in [0.15, 0.2) is 0 Å². The van der Waals surface area contributed by atoms with E-state index < -0.39 is 7.12 Å². The number of hydroxylamine groups is 1. The van der Waals surface area contributed by atoms with Crippen LogP contribution < -0.4 is 10.9 Å². The second kappa shape index (κ2) is 4.17. The molecule has 0 aliphatic carbocycles. The standard InChI is InChI=1S/C6H9BN2O3/c10-7(11)6-1-5(3-9-12)2-8-4-6/h1-2,4,9-12H,3H2. The maximum Gasteiger partial charge on any atom is 0.490 e. The second-order valence-corrected chi connectivity index (χ2v) is 2.34. The molecule has 0 atom stereocenters. The number of pyridine rings is 1. The minimum atomic E-state index is -1.52. The Labute approximate surface area is 69.8 Å². The third-order valence-corrected chi connectivity index (χ3v) is 1.40. The fraction of sp³-hybridized carbons (Fsp3) is 0.167. The van der Waals surface area contributed by atoms with Crippen molar-refractivity contribution in [3.05, 3.63) is 24.0 Å². The Hall–Kier alpha value is -0.945. The van der Waals surface area contributed by atoms with E-state index in [0.717, 1.165) is 0 Å². The molecule has 0 amide bonds. The summed E-state index contributed by atoms with van der Waals surface area (Å²) < 4.78 is 0. The highest BCUT2D eigenvalue weighted by Crippen LogP contribution is 1.92. The van der Waals surface area contributed by atoms with Crippen LogP contribution in [-0.2, 0) is 6.54 Å². The summed E-state index contributed by atoms with van der Waals surface area (Å²) >= 11 is 0. The first kappa shape index (κ1) is 9.15. The maximum absolute atomic E-state index is 8.75. The molecule has 5 nitrogen and oxygen atoms in total. The van der Waals surface area contributed by atoms with E-state index in [-0.39, 0.29) is 6.54 Å². The highest BCUT2D eigenvalue weighted by molar-refractivity contribution is 6.58. The number of nitrogens with zero attached hydrogens (tertiary/aromatic N) is 1. The molecule has 0 aromatic carbocycles. The average molecular weight is 168 g/mol. The lowest BCUT2D eigenvalue weighted by atomic mass is 9.81. The molecule has 12 heavy (non-hydrogen) atoms. The first-order valence-electron chi connectivity index (χ1n) is 3.41. The summed E-state index contributed by atoms with van der Waals surface area (Å²) in [7, 11) is -1.52. The van der Waals surface area contributed by atoms with E-state index in [4.69, 9.17) is 15.3 Å². The van der Waals surface area contributed by atoms with Crippen molar-refractivity contribution >= 4 is 12.6 Å². The first-order chi connectivity index (χ1) is 5.74. The summed E-state index contributed by atoms with van der Waals surface area (Å²) in [6, 6.07) is 1.54. The predicted molar refractivity (Wildman–Crippen MR) is 42.7 cm³/mol. The third kappa shape index (κ3) is 2.28. The molecule has 4 N–H and O–H groups in total. The Bertz CT molecular complexity index is 256. The van der Waals surface area contributed by atoms with Gasteiger partial charge in [-0.3, -0.25) is 4.98 Å². The van der Waals surface area contributed by atoms with Crippen molar-refractivity contribution in [1.29, 1.82) is 0 Å². The topological polar surface area (TPSA) is 85.6 Å². The third-order valence-electron chi connectivity index (χ3n) is 1.40. The van der Waals surface area contributed by atoms with E-state index in [1.54, 1.807) is 6.07 Å². The first-order valence-corrected chi connectivity index (χ1v) is 3.41. The molecule has 1 rings (SSSR count). The van der Waals surface area contributed by atoms with Gasteiger partial charge in [-0.25, -0.2) is 5.48 Å². The normalized spacial score (nSPS) is 9.92. The van der Waals surface area contributed by atoms with Crippen LogP contribution in [-0.4, -0.2) is 27.4 Å². The number of rotatable bonds is 3. The highest BCUT2D eigenvalue weighted by atomic mass is 16.5. The zero-order valence-corrected chi connectivity index (χ0v) is 6.31. The van der Waals surface area contributed by atoms with Gasteiger partial charge in [0.25, 0.3) is 0 Å². The largest absolute Gasteiger partial charge is 0.490 e. The van der Waals surface area contributed by atoms with Crippen LogP contribution in [0.25, 0.3) is 0 Å². The van der Waals surface area contributed by atoms with E-state index in [9.17, 15) is 0 Å². The van der Waals surface area contributed by atoms with Crippen molar-refractivity contribution in [2.24, 2.45) is 0 Å². The molecule has 0 bridgehead atoms. The van der Waals surface area contributed by atoms with Crippen LogP contribution in [0.4, 0.5) is 0 Å². The molecule has 1 aromatic rings. The zero-order valence-electron chi connectivity index (χ0n) is 6.31. The van der Waals surface area contributed by atoms with Crippen LogP contribution in [0.2, 0.25) is 0 Å². The highest BCUT2D eigenvalue weighted by Gasteiger charge is 2.10. The Morgan fingerprint density at radius 2 is 2.17 bits per heavy atom. The second-order valence-electron chi connectivity index (χ2n) is 2.34. The average Bonchev–Trinajstić information content (AvgIpc) is 2.05. The van der Waals surface area contributed by atoms with Gasteiger partial charge in [-0.2, -0.15) is 0 Å². The number of hydrogen-bond acceptors (Lipinski definition) is 5. The molecule has 0 saturated carbocycles. The van der Waals surface area contributed by atoms with Crippen molar-refractivity contribution in [2.45, 2.75) is 6.54 Å². The van der Waals surface area contributed by atoms with Crippen LogP contribution in [0, 0.1) is 0 Å². The smallest absolute Gasteiger partial charge is 0.423 e. The van der Waals surface area contributed by atoms with Crippen molar-refractivity contribution in [3.8, 4) is 0 Å². The van der Waals surface area contributed by atoms with Gasteiger partial charge in [-0.05, 0) is 5.56 Å². The Morgan fingerprint density at radius 3 is 2.75 bits per heavy atom. The molecule has 6 heteroatoms. The molecule has 0 fully saturated rings. The van der Waals surface area contributed by atoms with Gasteiger partial charge in [-0.15, -0.1) is 0 Å². The molecule has 0 aliphatic heterocycles. The van der Waals surface area contributed by atoms with Crippen molar-refractivity contribution in [3.63, 3.8) is 0 Å². The van der Waals surface area contributed by atoms with Crippen LogP contribution in [0.3, 0.4) is 0 Å². The summed E-state index contributed by atoms with van der Waals surface area (Å²) in [5.41, 5.74) is 2.94. The minimum absolute atomic E-state index is 0.230. The Morgan fingerprint density at radius 1 is 1.42 bits per heavy atom. The van der Waals surface area contributed by atoms with E-state index >= 15 is 0 Å². The monoisotopic (exact) mass is 168 g/mol. The number of hydrogen-bond donors (Lipinski definition) is 4. The predicted octanol–water partition coefficient (Wildman–Crippen LogP) is -1.76. The lowest BCUT2D eigenvalue weighted by Gasteiger charge is -2.01. The van der Waals surface area contributed by atoms with E-state index in [0.29, 0.717) is 11.0 Å². The molecule has 0 unspecified atom stereocenters. The fourth-order valence-corrected chi connectivity index (χ4v) is 0.837. The van der Waals surface area contributed by atoms with Gasteiger partial charge < -0.3 is 15.3 Å². The lowest BCUT2D eigenvalue weighted by molar-refractivity contribution is 0.161. The SMILES string of the molecule is ONCc1cncc(B(O)O)c1. The Kier molecular flexibility index (Phi) is 3.18. The van der Waals surface area contributed by atoms with Gasteiger partial charge in [-0.1, -0.05) is 6.07 Å². The van der Waals surface area contributed by atoms with E-state index in [2.05, 4.69) is 4.98 Å². The van der Waals surface area contributed by atoms with E-state index in [1.807, 2.05) is 5.48 Å². The van der Waals surface area contributed by atoms with Crippen LogP contribution in [0.15, 0.2) is 18.5 Å². The number of aromatic nitrogens is 1. The lowest BCUT2D eigenvalue weighted by Crippen LogP contribution is -2.30. The van der Waals surface area contributed by atoms with Crippen molar-refractivity contribution in [1.82, 2.24) is 10.5 Å². The number of nitrogens with one attached hydrogen (secondary N) is 1. The van der Waals surface area contributed by atoms with E-state index in [1.165, 1.54) is 12.4 Å². The van der Waals surface area contributed by atoms with Gasteiger partial charge in [0.1, 0.15) is 0 Å². The minimum Gasteiger partial charge on any atom is -0.423 e. The molecule has 1 aromatic heterocycles. The molecule has 0 radical (unpaired) electrons. The summed E-state index contributed by atoms with van der Waals surface area (Å²) in [6.07, 6.45) is 2.88. The fourth-order valence-electron chi connectivity index (χ4n) is 0.837. The summed E-state index contributed by atoms with van der Waals surface area (Å²) in [6.45, 7) is 0.230. The van der Waals surface area contributed by atoms with Gasteiger partial charge >= 0.3 is 7.12 Å². The van der Waals surface area contributed by atoms with Crippen molar-refractivity contribution < 1.29 is 15.3 Å². The van der Waals surface area contributed by atoms with Crippen LogP contribution in [0.1, 0.15) is 5.56 Å². The molecule has 0 aliphatic rings. The maximum atomic E-state index is 8.75. The van der Waals surface area contributed by atoms with Crippen LogP contribution in [0.5, 0.6) is 0 Å². The Balaban J connectivity index is 2.81. The summed E-state index contributed by atoms with van der Waals surface area (Å²) in [5, 5.41) is 25.8. The van der Waals surface area contributed by atoms with Gasteiger partial charge in [0.2, 0.25) is 0 Å². The molecule has 0 saturated heterocycles. The summed E-state index contributed by atoms with van der Waals surface area (Å²) in [4.78, 5) is 3.75. The molecule has 64 valence electrons. The molecular weight excluding hydrogens is 159 g/mol. The van der Waals surface area contributed by atoms with Gasteiger partial charge in [0.05, 0.1) is 0 Å². The summed E-state index contributed by atoms with van der Waals surface area (Å²) in [5.74, 6) is 0. The van der Waals surface area contributed by atoms with Crippen LogP contribution >= 0.6 is 0 Å². The zero-order chi connectivity index (χ0) is 8.97. The van der Waals surface area contributed by atoms with Gasteiger partial charge in [0, 0.05) is 24.4 Å². The molecule has 0 spiro atoms. The quantitative estimate of drug-likeness (QED) is 0.317.